The third-order valence-corrected chi connectivity index (χ3v) is 5.28. The highest BCUT2D eigenvalue weighted by atomic mass is 16.8. The maximum absolute atomic E-state index is 12.0. The van der Waals surface area contributed by atoms with E-state index < -0.39 is 35.6 Å². The molecule has 2 aliphatic rings. The van der Waals surface area contributed by atoms with Gasteiger partial charge in [0, 0.05) is 19.1 Å². The van der Waals surface area contributed by atoms with E-state index in [0.717, 1.165) is 0 Å². The number of carbonyl (C=O) groups is 1. The molecule has 2 heterocycles. The lowest BCUT2D eigenvalue weighted by atomic mass is 9.89. The Balaban J connectivity index is 2.18. The molecule has 9 nitrogen and oxygen atoms in total. The maximum atomic E-state index is 12.0. The molecular weight excluding hydrogens is 382 g/mol. The predicted octanol–water partition coefficient (Wildman–Crippen LogP) is 1.56. The number of hydrogen-bond donors (Lipinski definition) is 1. The van der Waals surface area contributed by atoms with Crippen LogP contribution < -0.4 is 5.73 Å². The van der Waals surface area contributed by atoms with Crippen molar-refractivity contribution in [1.29, 1.82) is 0 Å². The summed E-state index contributed by atoms with van der Waals surface area (Å²) in [5, 5.41) is 0. The Hall–Kier alpha value is -0.810. The minimum atomic E-state index is -0.842. The molecule has 0 amide bonds. The van der Waals surface area contributed by atoms with Gasteiger partial charge in [0.15, 0.2) is 17.4 Å². The first-order chi connectivity index (χ1) is 13.3. The molecule has 2 aliphatic heterocycles. The van der Waals surface area contributed by atoms with Gasteiger partial charge < -0.3 is 38.9 Å². The topological polar surface area (TPSA) is 108 Å². The molecule has 0 aliphatic carbocycles. The van der Waals surface area contributed by atoms with Gasteiger partial charge in [0.25, 0.3) is 0 Å². The van der Waals surface area contributed by atoms with E-state index in [9.17, 15) is 4.79 Å². The van der Waals surface area contributed by atoms with Crippen LogP contribution >= 0.6 is 0 Å². The lowest BCUT2D eigenvalue weighted by molar-refractivity contribution is -0.207. The SMILES string of the molecule is COC(=O)C[C@@H](COC(C)(C)OC)C(N)[C@H]1OC(C)(C)OC1[C@@H]1COC(C)(C)O1. The lowest BCUT2D eigenvalue weighted by Crippen LogP contribution is -2.52. The van der Waals surface area contributed by atoms with Gasteiger partial charge >= 0.3 is 5.97 Å². The lowest BCUT2D eigenvalue weighted by Gasteiger charge is -2.33. The van der Waals surface area contributed by atoms with Crippen molar-refractivity contribution in [3.63, 3.8) is 0 Å². The third kappa shape index (κ3) is 6.58. The second kappa shape index (κ2) is 9.13. The molecule has 0 saturated carbocycles. The van der Waals surface area contributed by atoms with E-state index >= 15 is 0 Å². The minimum Gasteiger partial charge on any atom is -0.469 e. The van der Waals surface area contributed by atoms with Crippen molar-refractivity contribution in [1.82, 2.24) is 0 Å². The summed E-state index contributed by atoms with van der Waals surface area (Å²) >= 11 is 0. The number of rotatable bonds is 9. The Morgan fingerprint density at radius 1 is 1.14 bits per heavy atom. The Kier molecular flexibility index (Phi) is 7.70. The van der Waals surface area contributed by atoms with Crippen LogP contribution in [0.15, 0.2) is 0 Å². The number of esters is 1. The average molecular weight is 420 g/mol. The summed E-state index contributed by atoms with van der Waals surface area (Å²) < 4.78 is 40.0. The first-order valence-corrected chi connectivity index (χ1v) is 9.98. The Labute approximate surface area is 173 Å². The van der Waals surface area contributed by atoms with Crippen LogP contribution in [0, 0.1) is 5.92 Å². The fourth-order valence-electron chi connectivity index (χ4n) is 3.52. The molecule has 0 aromatic rings. The normalized spacial score (nSPS) is 30.9. The third-order valence-electron chi connectivity index (χ3n) is 5.28. The molecule has 170 valence electrons. The molecule has 2 saturated heterocycles. The van der Waals surface area contributed by atoms with Crippen LogP contribution in [-0.4, -0.2) is 75.1 Å². The van der Waals surface area contributed by atoms with E-state index in [-0.39, 0.29) is 31.0 Å². The number of carbonyl (C=O) groups excluding carboxylic acids is 1. The zero-order valence-electron chi connectivity index (χ0n) is 18.9. The van der Waals surface area contributed by atoms with E-state index in [4.69, 9.17) is 38.9 Å². The van der Waals surface area contributed by atoms with E-state index in [0.29, 0.717) is 6.61 Å². The molecule has 2 N–H and O–H groups in total. The number of hydrogen-bond acceptors (Lipinski definition) is 9. The highest BCUT2D eigenvalue weighted by molar-refractivity contribution is 5.69. The van der Waals surface area contributed by atoms with Gasteiger partial charge in [-0.3, -0.25) is 4.79 Å². The molecule has 5 atom stereocenters. The van der Waals surface area contributed by atoms with Crippen LogP contribution in [0.5, 0.6) is 0 Å². The first kappa shape index (κ1) is 24.5. The van der Waals surface area contributed by atoms with Crippen molar-refractivity contribution >= 4 is 5.97 Å². The smallest absolute Gasteiger partial charge is 0.305 e. The van der Waals surface area contributed by atoms with Crippen LogP contribution in [0.25, 0.3) is 0 Å². The van der Waals surface area contributed by atoms with Gasteiger partial charge in [-0.15, -0.1) is 0 Å². The molecule has 0 aromatic heterocycles. The average Bonchev–Trinajstić information content (AvgIpc) is 3.16. The van der Waals surface area contributed by atoms with Crippen molar-refractivity contribution in [2.45, 2.75) is 89.7 Å². The van der Waals surface area contributed by atoms with Gasteiger partial charge in [0.2, 0.25) is 0 Å². The van der Waals surface area contributed by atoms with Crippen LogP contribution in [0.3, 0.4) is 0 Å². The van der Waals surface area contributed by atoms with E-state index in [1.54, 1.807) is 21.0 Å². The van der Waals surface area contributed by atoms with Gasteiger partial charge in [0.1, 0.15) is 18.3 Å². The molecule has 2 fully saturated rings. The zero-order valence-corrected chi connectivity index (χ0v) is 18.9. The van der Waals surface area contributed by atoms with Crippen molar-refractivity contribution < 1.29 is 38.0 Å². The summed E-state index contributed by atoms with van der Waals surface area (Å²) in [6.07, 6.45) is -1.22. The van der Waals surface area contributed by atoms with Crippen LogP contribution in [0.4, 0.5) is 0 Å². The number of ether oxygens (including phenoxy) is 7. The maximum Gasteiger partial charge on any atom is 0.305 e. The number of methoxy groups -OCH3 is 2. The highest BCUT2D eigenvalue weighted by Crippen LogP contribution is 2.38. The van der Waals surface area contributed by atoms with Crippen LogP contribution in [0.2, 0.25) is 0 Å². The highest BCUT2D eigenvalue weighted by Gasteiger charge is 2.52. The summed E-state index contributed by atoms with van der Waals surface area (Å²) in [6, 6.07) is -0.569. The van der Waals surface area contributed by atoms with Gasteiger partial charge in [-0.2, -0.15) is 0 Å². The molecule has 0 aromatic carbocycles. The molecule has 2 rings (SSSR count). The van der Waals surface area contributed by atoms with Crippen molar-refractivity contribution in [3.05, 3.63) is 0 Å². The van der Waals surface area contributed by atoms with Gasteiger partial charge in [-0.05, 0) is 41.5 Å². The summed E-state index contributed by atoms with van der Waals surface area (Å²) in [7, 11) is 2.90. The largest absolute Gasteiger partial charge is 0.469 e. The first-order valence-electron chi connectivity index (χ1n) is 9.98. The van der Waals surface area contributed by atoms with Crippen molar-refractivity contribution in [3.8, 4) is 0 Å². The van der Waals surface area contributed by atoms with Crippen LogP contribution in [0.1, 0.15) is 48.0 Å². The fraction of sp³-hybridized carbons (Fsp3) is 0.950. The van der Waals surface area contributed by atoms with E-state index in [1.165, 1.54) is 7.11 Å². The van der Waals surface area contributed by atoms with Gasteiger partial charge in [-0.25, -0.2) is 0 Å². The molecule has 0 bridgehead atoms. The Morgan fingerprint density at radius 2 is 1.79 bits per heavy atom. The standard InChI is InChI=1S/C20H37NO8/c1-18(2,24-8)25-10-12(9-14(22)23-7)15(21)17-16(28-20(5,6)29-17)13-11-26-19(3,4)27-13/h12-13,15-17H,9-11,21H2,1-8H3/t12-,13-,15?,16?,17+/m0/s1. The Bertz CT molecular complexity index is 565. The zero-order chi connectivity index (χ0) is 22.0. The molecule has 2 unspecified atom stereocenters. The molecule has 29 heavy (non-hydrogen) atoms. The Morgan fingerprint density at radius 3 is 2.31 bits per heavy atom. The van der Waals surface area contributed by atoms with Crippen molar-refractivity contribution in [2.75, 3.05) is 27.4 Å². The summed E-state index contributed by atoms with van der Waals surface area (Å²) in [5.41, 5.74) is 6.61. The monoisotopic (exact) mass is 419 g/mol. The van der Waals surface area contributed by atoms with Crippen LogP contribution in [-0.2, 0) is 38.0 Å². The van der Waals surface area contributed by atoms with Crippen molar-refractivity contribution in [2.24, 2.45) is 11.7 Å². The second-order valence-corrected chi connectivity index (χ2v) is 8.96. The molecule has 9 heteroatoms. The summed E-state index contributed by atoms with van der Waals surface area (Å²) in [4.78, 5) is 12.0. The fourth-order valence-corrected chi connectivity index (χ4v) is 3.52. The summed E-state index contributed by atoms with van der Waals surface area (Å²) in [6.45, 7) is 11.5. The number of nitrogens with two attached hydrogens (primary N) is 1. The summed E-state index contributed by atoms with van der Waals surface area (Å²) in [5.74, 6) is -3.11. The minimum absolute atomic E-state index is 0.0813. The van der Waals surface area contributed by atoms with E-state index in [1.807, 2.05) is 27.7 Å². The van der Waals surface area contributed by atoms with Gasteiger partial charge in [0.05, 0.1) is 26.7 Å². The van der Waals surface area contributed by atoms with Gasteiger partial charge in [-0.1, -0.05) is 0 Å². The predicted molar refractivity (Wildman–Crippen MR) is 104 cm³/mol. The molecular formula is C20H37NO8. The molecule has 0 spiro atoms. The van der Waals surface area contributed by atoms with E-state index in [2.05, 4.69) is 0 Å². The quantitative estimate of drug-likeness (QED) is 0.440. The second-order valence-electron chi connectivity index (χ2n) is 8.96. The molecule has 0 radical (unpaired) electrons.